The normalized spacial score (nSPS) is 12.2. The zero-order valence-corrected chi connectivity index (χ0v) is 10.9. The maximum Gasteiger partial charge on any atom is 0.146 e. The molecule has 1 N–H and O–H groups in total. The van der Waals surface area contributed by atoms with E-state index in [0.29, 0.717) is 11.4 Å². The molecule has 96 valence electrons. The van der Waals surface area contributed by atoms with Crippen LogP contribution in [0.5, 0.6) is 5.75 Å². The molecule has 0 aliphatic rings. The maximum absolute atomic E-state index is 13.5. The molecule has 1 aromatic rings. The van der Waals surface area contributed by atoms with E-state index >= 15 is 0 Å². The van der Waals surface area contributed by atoms with Crippen molar-refractivity contribution >= 4 is 5.69 Å². The lowest BCUT2D eigenvalue weighted by atomic mass is 10.1. The minimum Gasteiger partial charge on any atom is -0.497 e. The number of nitrogens with one attached hydrogen (secondary N) is 1. The standard InChI is InChI=1S/C14H22FNO/c1-4-5-6-7-11(2)16-14-10-12(17-3)8-9-13(14)15/h8-11,16H,4-7H2,1-3H3. The summed E-state index contributed by atoms with van der Waals surface area (Å²) in [6, 6.07) is 5.04. The van der Waals surface area contributed by atoms with E-state index in [-0.39, 0.29) is 11.9 Å². The third-order valence-corrected chi connectivity index (χ3v) is 2.82. The summed E-state index contributed by atoms with van der Waals surface area (Å²) in [6.45, 7) is 4.26. The number of anilines is 1. The molecule has 0 aliphatic carbocycles. The van der Waals surface area contributed by atoms with E-state index in [1.807, 2.05) is 0 Å². The molecule has 0 fully saturated rings. The average Bonchev–Trinajstić information content (AvgIpc) is 2.32. The Bertz CT molecular complexity index is 341. The Kier molecular flexibility index (Phi) is 5.81. The summed E-state index contributed by atoms with van der Waals surface area (Å²) >= 11 is 0. The second-order valence-electron chi connectivity index (χ2n) is 4.39. The van der Waals surface area contributed by atoms with E-state index in [1.165, 1.54) is 25.3 Å². The lowest BCUT2D eigenvalue weighted by molar-refractivity contribution is 0.414. The van der Waals surface area contributed by atoms with E-state index in [2.05, 4.69) is 19.2 Å². The van der Waals surface area contributed by atoms with Crippen LogP contribution in [0.25, 0.3) is 0 Å². The van der Waals surface area contributed by atoms with Gasteiger partial charge in [0.15, 0.2) is 0 Å². The van der Waals surface area contributed by atoms with Crippen molar-refractivity contribution in [2.45, 2.75) is 45.6 Å². The Morgan fingerprint density at radius 1 is 1.35 bits per heavy atom. The summed E-state index contributed by atoms with van der Waals surface area (Å²) in [5, 5.41) is 3.19. The molecular weight excluding hydrogens is 217 g/mol. The van der Waals surface area contributed by atoms with Crippen LogP contribution in [0.2, 0.25) is 0 Å². The van der Waals surface area contributed by atoms with Crippen molar-refractivity contribution in [2.75, 3.05) is 12.4 Å². The molecule has 1 rings (SSSR count). The van der Waals surface area contributed by atoms with Crippen LogP contribution in [0.3, 0.4) is 0 Å². The molecule has 0 radical (unpaired) electrons. The minimum atomic E-state index is -0.229. The van der Waals surface area contributed by atoms with Crippen LogP contribution in [0.1, 0.15) is 39.5 Å². The number of unbranched alkanes of at least 4 members (excludes halogenated alkanes) is 2. The SMILES string of the molecule is CCCCCC(C)Nc1cc(OC)ccc1F. The van der Waals surface area contributed by atoms with Crippen molar-refractivity contribution in [3.63, 3.8) is 0 Å². The molecule has 17 heavy (non-hydrogen) atoms. The first-order chi connectivity index (χ1) is 8.17. The van der Waals surface area contributed by atoms with Crippen LogP contribution < -0.4 is 10.1 Å². The molecule has 0 spiro atoms. The van der Waals surface area contributed by atoms with Gasteiger partial charge in [0.2, 0.25) is 0 Å². The molecule has 1 aromatic carbocycles. The first kappa shape index (κ1) is 13.8. The third-order valence-electron chi connectivity index (χ3n) is 2.82. The molecule has 3 heteroatoms. The minimum absolute atomic E-state index is 0.229. The van der Waals surface area contributed by atoms with Gasteiger partial charge in [-0.15, -0.1) is 0 Å². The molecule has 0 saturated heterocycles. The zero-order valence-electron chi connectivity index (χ0n) is 10.9. The number of methoxy groups -OCH3 is 1. The number of rotatable bonds is 7. The van der Waals surface area contributed by atoms with Gasteiger partial charge in [0, 0.05) is 12.1 Å². The second kappa shape index (κ2) is 7.15. The Morgan fingerprint density at radius 3 is 2.76 bits per heavy atom. The highest BCUT2D eigenvalue weighted by atomic mass is 19.1. The quantitative estimate of drug-likeness (QED) is 0.719. The van der Waals surface area contributed by atoms with Gasteiger partial charge in [-0.1, -0.05) is 26.2 Å². The summed E-state index contributed by atoms with van der Waals surface area (Å²) in [7, 11) is 1.59. The van der Waals surface area contributed by atoms with E-state index < -0.39 is 0 Å². The lowest BCUT2D eigenvalue weighted by Gasteiger charge is -2.16. The number of hydrogen-bond donors (Lipinski definition) is 1. The van der Waals surface area contributed by atoms with Crippen molar-refractivity contribution in [1.29, 1.82) is 0 Å². The molecular formula is C14H22FNO. The van der Waals surface area contributed by atoms with Crippen LogP contribution in [0, 0.1) is 5.82 Å². The van der Waals surface area contributed by atoms with E-state index in [1.54, 1.807) is 19.2 Å². The van der Waals surface area contributed by atoms with Crippen molar-refractivity contribution in [2.24, 2.45) is 0 Å². The van der Waals surface area contributed by atoms with Crippen molar-refractivity contribution in [3.8, 4) is 5.75 Å². The number of hydrogen-bond acceptors (Lipinski definition) is 2. The Labute approximate surface area is 103 Å². The Hall–Kier alpha value is -1.25. The van der Waals surface area contributed by atoms with Crippen molar-refractivity contribution in [1.82, 2.24) is 0 Å². The van der Waals surface area contributed by atoms with Crippen LogP contribution in [-0.2, 0) is 0 Å². The largest absolute Gasteiger partial charge is 0.497 e. The van der Waals surface area contributed by atoms with Crippen molar-refractivity contribution in [3.05, 3.63) is 24.0 Å². The predicted molar refractivity (Wildman–Crippen MR) is 70.2 cm³/mol. The average molecular weight is 239 g/mol. The van der Waals surface area contributed by atoms with E-state index in [0.717, 1.165) is 6.42 Å². The molecule has 0 amide bonds. The maximum atomic E-state index is 13.5. The number of ether oxygens (including phenoxy) is 1. The van der Waals surface area contributed by atoms with Gasteiger partial charge in [0.25, 0.3) is 0 Å². The van der Waals surface area contributed by atoms with Crippen LogP contribution in [-0.4, -0.2) is 13.2 Å². The third kappa shape index (κ3) is 4.63. The van der Waals surface area contributed by atoms with Gasteiger partial charge in [-0.25, -0.2) is 4.39 Å². The van der Waals surface area contributed by atoms with Crippen LogP contribution in [0.15, 0.2) is 18.2 Å². The van der Waals surface area contributed by atoms with Gasteiger partial charge in [-0.2, -0.15) is 0 Å². The molecule has 0 bridgehead atoms. The van der Waals surface area contributed by atoms with Gasteiger partial charge in [0.1, 0.15) is 11.6 Å². The van der Waals surface area contributed by atoms with E-state index in [9.17, 15) is 4.39 Å². The summed E-state index contributed by atoms with van der Waals surface area (Å²) in [5.74, 6) is 0.447. The molecule has 0 saturated carbocycles. The smallest absolute Gasteiger partial charge is 0.146 e. The molecule has 0 aromatic heterocycles. The van der Waals surface area contributed by atoms with Crippen LogP contribution in [0.4, 0.5) is 10.1 Å². The zero-order chi connectivity index (χ0) is 12.7. The lowest BCUT2D eigenvalue weighted by Crippen LogP contribution is -2.15. The molecule has 0 heterocycles. The fraction of sp³-hybridized carbons (Fsp3) is 0.571. The summed E-state index contributed by atoms with van der Waals surface area (Å²) in [5.41, 5.74) is 0.522. The molecule has 2 nitrogen and oxygen atoms in total. The van der Waals surface area contributed by atoms with E-state index in [4.69, 9.17) is 4.74 Å². The van der Waals surface area contributed by atoms with Gasteiger partial charge in [0.05, 0.1) is 12.8 Å². The topological polar surface area (TPSA) is 21.3 Å². The van der Waals surface area contributed by atoms with Crippen molar-refractivity contribution < 1.29 is 9.13 Å². The highest BCUT2D eigenvalue weighted by Crippen LogP contribution is 2.22. The molecule has 1 atom stereocenters. The predicted octanol–water partition coefficient (Wildman–Crippen LogP) is 4.22. The van der Waals surface area contributed by atoms with Gasteiger partial charge in [-0.05, 0) is 25.5 Å². The van der Waals surface area contributed by atoms with Gasteiger partial charge in [-0.3, -0.25) is 0 Å². The number of halogens is 1. The Balaban J connectivity index is 2.54. The highest BCUT2D eigenvalue weighted by Gasteiger charge is 2.07. The molecule has 1 unspecified atom stereocenters. The second-order valence-corrected chi connectivity index (χ2v) is 4.39. The highest BCUT2D eigenvalue weighted by molar-refractivity contribution is 5.50. The summed E-state index contributed by atoms with van der Waals surface area (Å²) in [4.78, 5) is 0. The molecule has 0 aliphatic heterocycles. The first-order valence-corrected chi connectivity index (χ1v) is 6.27. The first-order valence-electron chi connectivity index (χ1n) is 6.27. The van der Waals surface area contributed by atoms with Crippen LogP contribution >= 0.6 is 0 Å². The fourth-order valence-electron chi connectivity index (χ4n) is 1.78. The summed E-state index contributed by atoms with van der Waals surface area (Å²) < 4.78 is 18.6. The summed E-state index contributed by atoms with van der Waals surface area (Å²) in [6.07, 6.45) is 4.67. The fourth-order valence-corrected chi connectivity index (χ4v) is 1.78. The Morgan fingerprint density at radius 2 is 2.12 bits per heavy atom. The van der Waals surface area contributed by atoms with Gasteiger partial charge < -0.3 is 10.1 Å². The van der Waals surface area contributed by atoms with Gasteiger partial charge >= 0.3 is 0 Å². The number of benzene rings is 1. The monoisotopic (exact) mass is 239 g/mol.